The lowest BCUT2D eigenvalue weighted by Gasteiger charge is -2.30. The van der Waals surface area contributed by atoms with Crippen molar-refractivity contribution < 1.29 is 33.1 Å². The molecule has 1 atom stereocenters. The van der Waals surface area contributed by atoms with E-state index in [1.807, 2.05) is 0 Å². The normalized spacial score (nSPS) is 60.5. The van der Waals surface area contributed by atoms with Gasteiger partial charge in [-0.25, -0.2) is 18.1 Å². The number of phosphoric ester groups is 1. The van der Waals surface area contributed by atoms with Crippen LogP contribution in [0.4, 0.5) is 0 Å². The molecule has 3 fully saturated rings. The number of phosphoric acid groups is 1. The third kappa shape index (κ3) is 0.652. The van der Waals surface area contributed by atoms with Crippen molar-refractivity contribution in [3.8, 4) is 0 Å². The summed E-state index contributed by atoms with van der Waals surface area (Å²) in [5.74, 6) is -5.26. The Hall–Kier alpha value is -0.300. The molecule has 2 N–H and O–H groups in total. The Kier molecular flexibility index (Phi) is 1.04. The summed E-state index contributed by atoms with van der Waals surface area (Å²) in [4.78, 5) is 10.1. The summed E-state index contributed by atoms with van der Waals surface area (Å²) in [6.07, 6.45) is -0.153. The second-order valence-corrected chi connectivity index (χ2v) is 3.56. The van der Waals surface area contributed by atoms with E-state index in [0.29, 0.717) is 0 Å². The predicted octanol–water partition coefficient (Wildman–Crippen LogP) is -1.29. The first-order valence-corrected chi connectivity index (χ1v) is 4.02. The smallest absolute Gasteiger partial charge is 0.353 e. The van der Waals surface area contributed by atoms with Gasteiger partial charge in [-0.3, -0.25) is 4.79 Å². The van der Waals surface area contributed by atoms with Crippen LogP contribution in [0, 0.1) is 0 Å². The van der Waals surface area contributed by atoms with Crippen LogP contribution in [0.5, 0.6) is 0 Å². The fraction of sp³-hybridized carbons (Fsp3) is 0.667. The highest BCUT2D eigenvalue weighted by molar-refractivity contribution is 7.50. The Bertz CT molecular complexity index is 263. The van der Waals surface area contributed by atoms with Crippen LogP contribution in [0.25, 0.3) is 0 Å². The molecule has 3 rings (SSSR count). The third-order valence-electron chi connectivity index (χ3n) is 1.33. The molecule has 3 heterocycles. The van der Waals surface area contributed by atoms with E-state index in [2.05, 4.69) is 13.6 Å². The van der Waals surface area contributed by atoms with E-state index in [9.17, 15) is 9.36 Å². The first-order valence-electron chi connectivity index (χ1n) is 2.56. The van der Waals surface area contributed by atoms with Gasteiger partial charge in [0.2, 0.25) is 0 Å². The molecule has 3 aliphatic rings. The molecule has 2 bridgehead atoms. The van der Waals surface area contributed by atoms with Gasteiger partial charge in [-0.1, -0.05) is 0 Å². The molecular formula is C3H3O7P. The summed E-state index contributed by atoms with van der Waals surface area (Å²) in [6.45, 7) is 0. The highest BCUT2D eigenvalue weighted by atomic mass is 31.2. The second kappa shape index (κ2) is 1.56. The Morgan fingerprint density at radius 3 is 2.00 bits per heavy atom. The molecule has 11 heavy (non-hydrogen) atoms. The Balaban J connectivity index is 2.43. The van der Waals surface area contributed by atoms with Crippen molar-refractivity contribution in [2.75, 3.05) is 0 Å². The molecule has 62 valence electrons. The van der Waals surface area contributed by atoms with E-state index in [1.165, 1.54) is 0 Å². The number of carbonyl (C=O) groups is 1. The molecule has 0 aromatic rings. The minimum absolute atomic E-state index is 0.153. The van der Waals surface area contributed by atoms with Crippen molar-refractivity contribution in [2.45, 2.75) is 11.8 Å². The van der Waals surface area contributed by atoms with Gasteiger partial charge in [0, 0.05) is 0 Å². The number of hydrogen-bond acceptors (Lipinski definition) is 7. The molecule has 0 aromatic heterocycles. The largest absolute Gasteiger partial charge is 0.487 e. The predicted molar refractivity (Wildman–Crippen MR) is 26.8 cm³/mol. The van der Waals surface area contributed by atoms with Crippen LogP contribution in [0.1, 0.15) is 0 Å². The standard InChI is InChI=1S/C3H3O7P/c4-1-2(5)3(6)9-11(7,8-2)10-3/h1,5-6H. The quantitative estimate of drug-likeness (QED) is 0.384. The zero-order valence-electron chi connectivity index (χ0n) is 4.96. The van der Waals surface area contributed by atoms with Gasteiger partial charge in [0.1, 0.15) is 0 Å². The first kappa shape index (κ1) is 7.35. The maximum absolute atomic E-state index is 10.7. The van der Waals surface area contributed by atoms with E-state index in [4.69, 9.17) is 10.2 Å². The Labute approximate surface area is 60.1 Å². The van der Waals surface area contributed by atoms with E-state index < -0.39 is 19.6 Å². The highest BCUT2D eigenvalue weighted by Crippen LogP contribution is 2.75. The maximum atomic E-state index is 10.7. The van der Waals surface area contributed by atoms with Crippen molar-refractivity contribution in [1.29, 1.82) is 0 Å². The molecule has 0 amide bonds. The summed E-state index contributed by atoms with van der Waals surface area (Å²) in [5, 5.41) is 17.9. The molecule has 0 radical (unpaired) electrons. The SMILES string of the molecule is O=CC1(O)OP2(=O)OC1(O)O2. The lowest BCUT2D eigenvalue weighted by Crippen LogP contribution is -2.54. The van der Waals surface area contributed by atoms with E-state index >= 15 is 0 Å². The van der Waals surface area contributed by atoms with Crippen LogP contribution in [0.15, 0.2) is 0 Å². The van der Waals surface area contributed by atoms with Crippen LogP contribution in [0.2, 0.25) is 0 Å². The van der Waals surface area contributed by atoms with Gasteiger partial charge in [0.05, 0.1) is 0 Å². The summed E-state index contributed by atoms with van der Waals surface area (Å²) in [5.41, 5.74) is 0. The molecular weight excluding hydrogens is 179 g/mol. The number of aldehydes is 1. The highest BCUT2D eigenvalue weighted by Gasteiger charge is 2.80. The second-order valence-electron chi connectivity index (χ2n) is 2.12. The maximum Gasteiger partial charge on any atom is 0.487 e. The van der Waals surface area contributed by atoms with Crippen molar-refractivity contribution in [1.82, 2.24) is 0 Å². The van der Waals surface area contributed by atoms with Crippen molar-refractivity contribution in [3.63, 3.8) is 0 Å². The number of rotatable bonds is 1. The van der Waals surface area contributed by atoms with E-state index in [1.54, 1.807) is 0 Å². The van der Waals surface area contributed by atoms with Crippen molar-refractivity contribution in [3.05, 3.63) is 0 Å². The molecule has 0 saturated carbocycles. The number of carbonyl (C=O) groups excluding carboxylic acids is 1. The Morgan fingerprint density at radius 2 is 1.82 bits per heavy atom. The summed E-state index contributed by atoms with van der Waals surface area (Å²) in [6, 6.07) is 0. The molecule has 1 unspecified atom stereocenters. The minimum atomic E-state index is -3.83. The molecule has 0 aromatic carbocycles. The average molecular weight is 182 g/mol. The molecule has 0 aliphatic carbocycles. The number of hydrogen-bond donors (Lipinski definition) is 2. The van der Waals surface area contributed by atoms with Gasteiger partial charge in [0.15, 0.2) is 6.29 Å². The summed E-state index contributed by atoms with van der Waals surface area (Å²) in [7, 11) is -3.83. The van der Waals surface area contributed by atoms with E-state index in [0.717, 1.165) is 0 Å². The lowest BCUT2D eigenvalue weighted by molar-refractivity contribution is -0.376. The summed E-state index contributed by atoms with van der Waals surface area (Å²) >= 11 is 0. The van der Waals surface area contributed by atoms with Crippen LogP contribution in [-0.4, -0.2) is 28.3 Å². The first-order chi connectivity index (χ1) is 4.93. The molecule has 7 nitrogen and oxygen atoms in total. The third-order valence-corrected chi connectivity index (χ3v) is 2.78. The monoisotopic (exact) mass is 182 g/mol. The van der Waals surface area contributed by atoms with E-state index in [-0.39, 0.29) is 6.29 Å². The molecule has 3 saturated heterocycles. The van der Waals surface area contributed by atoms with Gasteiger partial charge in [0.25, 0.3) is 0 Å². The average Bonchev–Trinajstić information content (AvgIpc) is 2.11. The number of fused-ring (bicyclic) bond motifs is 1. The van der Waals surface area contributed by atoms with Crippen LogP contribution >= 0.6 is 7.82 Å². The zero-order chi connectivity index (χ0) is 8.33. The Morgan fingerprint density at radius 1 is 1.27 bits per heavy atom. The van der Waals surface area contributed by atoms with Crippen molar-refractivity contribution in [2.24, 2.45) is 0 Å². The van der Waals surface area contributed by atoms with Gasteiger partial charge in [-0.15, -0.1) is 0 Å². The van der Waals surface area contributed by atoms with Gasteiger partial charge in [-0.2, -0.15) is 0 Å². The van der Waals surface area contributed by atoms with Crippen LogP contribution in [-0.2, 0) is 22.9 Å². The minimum Gasteiger partial charge on any atom is -0.353 e. The zero-order valence-corrected chi connectivity index (χ0v) is 5.85. The topological polar surface area (TPSA) is 102 Å². The fourth-order valence-corrected chi connectivity index (χ4v) is 2.26. The summed E-state index contributed by atoms with van der Waals surface area (Å²) < 4.78 is 23.1. The molecule has 0 spiro atoms. The molecule has 3 aliphatic heterocycles. The lowest BCUT2D eigenvalue weighted by atomic mass is 10.3. The number of aliphatic hydroxyl groups is 2. The molecule has 8 heteroatoms. The van der Waals surface area contributed by atoms with Crippen LogP contribution in [0.3, 0.4) is 0 Å². The van der Waals surface area contributed by atoms with Gasteiger partial charge < -0.3 is 10.2 Å². The van der Waals surface area contributed by atoms with Gasteiger partial charge in [-0.05, 0) is 0 Å². The van der Waals surface area contributed by atoms with Crippen LogP contribution < -0.4 is 0 Å². The van der Waals surface area contributed by atoms with Gasteiger partial charge >= 0.3 is 19.6 Å². The fourth-order valence-electron chi connectivity index (χ4n) is 0.802. The van der Waals surface area contributed by atoms with Crippen molar-refractivity contribution >= 4 is 14.1 Å².